The van der Waals surface area contributed by atoms with E-state index in [1.807, 2.05) is 64.2 Å². The number of hydrogen-bond donors (Lipinski definition) is 2. The van der Waals surface area contributed by atoms with Gasteiger partial charge in [0.1, 0.15) is 12.3 Å². The van der Waals surface area contributed by atoms with Gasteiger partial charge < -0.3 is 10.4 Å². The number of nitrogens with zero attached hydrogens (tertiary/aromatic N) is 1. The summed E-state index contributed by atoms with van der Waals surface area (Å²) in [7, 11) is 0. The molecule has 0 spiro atoms. The topological polar surface area (TPSA) is 86.7 Å². The van der Waals surface area contributed by atoms with Crippen LogP contribution in [-0.2, 0) is 9.59 Å². The van der Waals surface area contributed by atoms with E-state index >= 15 is 0 Å². The van der Waals surface area contributed by atoms with Crippen molar-refractivity contribution >= 4 is 85.8 Å². The fourth-order valence-corrected chi connectivity index (χ4v) is 5.18. The molecular weight excluding hydrogens is 606 g/mol. The van der Waals surface area contributed by atoms with Crippen LogP contribution in [0.2, 0.25) is 0 Å². The first-order chi connectivity index (χ1) is 13.2. The monoisotopic (exact) mass is 620 g/mol. The molecule has 0 aromatic heterocycles. The minimum absolute atomic E-state index is 0.180. The smallest absolute Gasteiger partial charge is 0.294 e. The van der Waals surface area contributed by atoms with Gasteiger partial charge in [-0.3, -0.25) is 19.3 Å². The molecule has 28 heavy (non-hydrogen) atoms. The number of hydrogen-bond acceptors (Lipinski definition) is 5. The molecule has 3 rings (SSSR count). The van der Waals surface area contributed by atoms with Crippen LogP contribution in [0.4, 0.5) is 10.5 Å². The Bertz CT molecular complexity index is 1000. The Morgan fingerprint density at radius 3 is 2.54 bits per heavy atom. The maximum atomic E-state index is 12.6. The fourth-order valence-electron chi connectivity index (χ4n) is 2.52. The number of phenols is 1. The molecule has 1 aliphatic rings. The Morgan fingerprint density at radius 1 is 1.21 bits per heavy atom. The number of carbonyl (C=O) groups excluding carboxylic acids is 3. The van der Waals surface area contributed by atoms with E-state index in [1.54, 1.807) is 30.3 Å². The van der Waals surface area contributed by atoms with Crippen LogP contribution >= 0.6 is 56.9 Å². The summed E-state index contributed by atoms with van der Waals surface area (Å²) < 4.78 is 1.29. The second kappa shape index (κ2) is 8.82. The molecule has 6 nitrogen and oxygen atoms in total. The normalized spacial score (nSPS) is 15.4. The number of thioether (sulfide) groups is 1. The first kappa shape index (κ1) is 21.1. The number of nitrogens with one attached hydrogen (secondary N) is 1. The molecule has 2 N–H and O–H groups in total. The Kier molecular flexibility index (Phi) is 6.65. The highest BCUT2D eigenvalue weighted by Crippen LogP contribution is 2.34. The van der Waals surface area contributed by atoms with Gasteiger partial charge in [0.05, 0.1) is 12.0 Å². The van der Waals surface area contributed by atoms with Crippen molar-refractivity contribution in [3.05, 3.63) is 59.6 Å². The number of anilines is 1. The maximum Gasteiger partial charge on any atom is 0.294 e. The summed E-state index contributed by atoms with van der Waals surface area (Å²) in [5.41, 5.74) is 2.30. The Morgan fingerprint density at radius 2 is 1.89 bits per heavy atom. The molecule has 1 saturated heterocycles. The first-order valence-corrected chi connectivity index (χ1v) is 11.0. The summed E-state index contributed by atoms with van der Waals surface area (Å²) >= 11 is 4.79. The zero-order chi connectivity index (χ0) is 20.4. The van der Waals surface area contributed by atoms with Crippen molar-refractivity contribution in [3.8, 4) is 5.75 Å². The lowest BCUT2D eigenvalue weighted by atomic mass is 10.2. The molecule has 1 aliphatic heterocycles. The number of carbonyl (C=O) groups is 3. The van der Waals surface area contributed by atoms with Crippen LogP contribution in [0.3, 0.4) is 0 Å². The van der Waals surface area contributed by atoms with E-state index in [1.165, 1.54) is 0 Å². The van der Waals surface area contributed by atoms with Gasteiger partial charge in [0.2, 0.25) is 5.91 Å². The molecule has 0 radical (unpaired) electrons. The van der Waals surface area contributed by atoms with E-state index in [4.69, 9.17) is 0 Å². The third kappa shape index (κ3) is 4.87. The summed E-state index contributed by atoms with van der Waals surface area (Å²) in [5, 5.41) is 12.1. The molecule has 0 aliphatic carbocycles. The van der Waals surface area contributed by atoms with Gasteiger partial charge in [-0.05, 0) is 105 Å². The van der Waals surface area contributed by atoms with Gasteiger partial charge in [-0.2, -0.15) is 0 Å². The lowest BCUT2D eigenvalue weighted by Crippen LogP contribution is -2.36. The van der Waals surface area contributed by atoms with Crippen LogP contribution in [0.15, 0.2) is 41.3 Å². The SMILES string of the molecule is Cc1cccc(NC(=O)CN2C(=O)S/C(=C/c3cc(I)c(O)c(I)c3)C2=O)c1. The van der Waals surface area contributed by atoms with Gasteiger partial charge >= 0.3 is 0 Å². The second-order valence-corrected chi connectivity index (χ2v) is 9.34. The van der Waals surface area contributed by atoms with Gasteiger partial charge in [0.15, 0.2) is 0 Å². The lowest BCUT2D eigenvalue weighted by molar-refractivity contribution is -0.127. The molecule has 2 aromatic rings. The van der Waals surface area contributed by atoms with Gasteiger partial charge in [0.25, 0.3) is 11.1 Å². The Labute approximate surface area is 193 Å². The number of imide groups is 1. The molecule has 1 heterocycles. The maximum absolute atomic E-state index is 12.6. The molecular formula is C19H14I2N2O4S. The largest absolute Gasteiger partial charge is 0.506 e. The van der Waals surface area contributed by atoms with Crippen LogP contribution in [0.1, 0.15) is 11.1 Å². The summed E-state index contributed by atoms with van der Waals surface area (Å²) in [6.07, 6.45) is 1.59. The lowest BCUT2D eigenvalue weighted by Gasteiger charge is -2.12. The second-order valence-electron chi connectivity index (χ2n) is 6.02. The molecule has 144 valence electrons. The van der Waals surface area contributed by atoms with Crippen LogP contribution in [0.25, 0.3) is 6.08 Å². The molecule has 3 amide bonds. The van der Waals surface area contributed by atoms with Crippen LogP contribution in [-0.4, -0.2) is 33.6 Å². The van der Waals surface area contributed by atoms with E-state index in [-0.39, 0.29) is 17.2 Å². The number of halogens is 2. The van der Waals surface area contributed by atoms with Gasteiger partial charge in [-0.1, -0.05) is 12.1 Å². The number of rotatable bonds is 4. The van der Waals surface area contributed by atoms with Gasteiger partial charge in [-0.25, -0.2) is 0 Å². The van der Waals surface area contributed by atoms with Gasteiger partial charge in [-0.15, -0.1) is 0 Å². The predicted octanol–water partition coefficient (Wildman–Crippen LogP) is 4.58. The standard InChI is InChI=1S/C19H14I2N2O4S/c1-10-3-2-4-12(5-10)22-16(24)9-23-18(26)15(28-19(23)27)8-11-6-13(20)17(25)14(21)7-11/h2-8,25H,9H2,1H3,(H,22,24)/b15-8+. The average Bonchev–Trinajstić information content (AvgIpc) is 2.87. The molecule has 1 fully saturated rings. The van der Waals surface area contributed by atoms with Crippen LogP contribution in [0.5, 0.6) is 5.75 Å². The highest BCUT2D eigenvalue weighted by molar-refractivity contribution is 14.1. The molecule has 9 heteroatoms. The highest BCUT2D eigenvalue weighted by Gasteiger charge is 2.36. The molecule has 0 saturated carbocycles. The zero-order valence-electron chi connectivity index (χ0n) is 14.5. The average molecular weight is 620 g/mol. The molecule has 0 bridgehead atoms. The summed E-state index contributed by atoms with van der Waals surface area (Å²) in [4.78, 5) is 38.2. The molecule has 0 unspecified atom stereocenters. The van der Waals surface area contributed by atoms with Crippen molar-refractivity contribution in [1.82, 2.24) is 4.90 Å². The molecule has 2 aromatic carbocycles. The number of amides is 3. The summed E-state index contributed by atoms with van der Waals surface area (Å²) in [6.45, 7) is 1.56. The number of aromatic hydroxyl groups is 1. The minimum atomic E-state index is -0.507. The third-order valence-electron chi connectivity index (χ3n) is 3.81. The quantitative estimate of drug-likeness (QED) is 0.386. The number of benzene rings is 2. The third-order valence-corrected chi connectivity index (χ3v) is 6.37. The van der Waals surface area contributed by atoms with E-state index in [9.17, 15) is 19.5 Å². The zero-order valence-corrected chi connectivity index (χ0v) is 19.7. The van der Waals surface area contributed by atoms with Gasteiger partial charge in [0, 0.05) is 5.69 Å². The van der Waals surface area contributed by atoms with E-state index < -0.39 is 17.1 Å². The van der Waals surface area contributed by atoms with Crippen molar-refractivity contribution in [2.24, 2.45) is 0 Å². The van der Waals surface area contributed by atoms with Crippen molar-refractivity contribution < 1.29 is 19.5 Å². The van der Waals surface area contributed by atoms with E-state index in [0.29, 0.717) is 18.4 Å². The summed E-state index contributed by atoms with van der Waals surface area (Å²) in [6, 6.07) is 10.7. The minimum Gasteiger partial charge on any atom is -0.506 e. The van der Waals surface area contributed by atoms with E-state index in [2.05, 4.69) is 5.32 Å². The summed E-state index contributed by atoms with van der Waals surface area (Å²) in [5.74, 6) is -0.769. The number of phenolic OH excluding ortho intramolecular Hbond substituents is 1. The first-order valence-electron chi connectivity index (χ1n) is 8.04. The van der Waals surface area contributed by atoms with Crippen molar-refractivity contribution in [2.75, 3.05) is 11.9 Å². The van der Waals surface area contributed by atoms with Crippen molar-refractivity contribution in [2.45, 2.75) is 6.92 Å². The van der Waals surface area contributed by atoms with E-state index in [0.717, 1.165) is 22.2 Å². The fraction of sp³-hybridized carbons (Fsp3) is 0.105. The Balaban J connectivity index is 1.73. The Hall–Kier alpha value is -1.60. The van der Waals surface area contributed by atoms with Crippen LogP contribution < -0.4 is 5.32 Å². The molecule has 0 atom stereocenters. The predicted molar refractivity (Wildman–Crippen MR) is 126 cm³/mol. The highest BCUT2D eigenvalue weighted by atomic mass is 127. The van der Waals surface area contributed by atoms with Crippen molar-refractivity contribution in [3.63, 3.8) is 0 Å². The van der Waals surface area contributed by atoms with Crippen molar-refractivity contribution in [1.29, 1.82) is 0 Å². The number of aryl methyl sites for hydroxylation is 1. The van der Waals surface area contributed by atoms with Crippen LogP contribution in [0, 0.1) is 14.1 Å².